The number of benzene rings is 2. The van der Waals surface area contributed by atoms with Gasteiger partial charge in [0, 0.05) is 13.1 Å². The Hall–Kier alpha value is -4.87. The van der Waals surface area contributed by atoms with E-state index in [9.17, 15) is 29.1 Å². The fraction of sp³-hybridized carbons (Fsp3) is 0.525. The fourth-order valence-electron chi connectivity index (χ4n) is 6.01. The van der Waals surface area contributed by atoms with Gasteiger partial charge in [0.15, 0.2) is 0 Å². The van der Waals surface area contributed by atoms with Crippen LogP contribution in [0.5, 0.6) is 0 Å². The summed E-state index contributed by atoms with van der Waals surface area (Å²) in [5, 5.41) is 18.1. The molecule has 12 heteroatoms. The predicted molar refractivity (Wildman–Crippen MR) is 198 cm³/mol. The van der Waals surface area contributed by atoms with Gasteiger partial charge < -0.3 is 35.4 Å². The Morgan fingerprint density at radius 2 is 1.56 bits per heavy atom. The lowest BCUT2D eigenvalue weighted by atomic mass is 9.95. The Morgan fingerprint density at radius 1 is 0.904 bits per heavy atom. The summed E-state index contributed by atoms with van der Waals surface area (Å²) in [6.45, 7) is 10.3. The zero-order valence-electron chi connectivity index (χ0n) is 31.1. The molecule has 4 atom stereocenters. The van der Waals surface area contributed by atoms with Crippen molar-refractivity contribution in [1.82, 2.24) is 20.9 Å². The molecule has 2 aromatic rings. The molecule has 0 radical (unpaired) electrons. The second-order valence-electron chi connectivity index (χ2n) is 14.6. The van der Waals surface area contributed by atoms with Gasteiger partial charge in [-0.1, -0.05) is 86.7 Å². The Kier molecular flexibility index (Phi) is 16.7. The Balaban J connectivity index is 1.62. The van der Waals surface area contributed by atoms with Crippen molar-refractivity contribution in [3.05, 3.63) is 83.9 Å². The SMILES string of the molecule is CC(C)C[C@@H](/C=C/[C@H](Cc1ccccc1)C(=O)N1CCC[C@H]1C(=O)N[C@@H](CCCCNC(=O)OCc1ccccc1)C(=O)O)NC(=O)OC(C)(C)C. The number of aliphatic carboxylic acids is 1. The van der Waals surface area contributed by atoms with Gasteiger partial charge in [-0.25, -0.2) is 14.4 Å². The Bertz CT molecular complexity index is 1480. The highest BCUT2D eigenvalue weighted by Crippen LogP contribution is 2.24. The first-order chi connectivity index (χ1) is 24.7. The summed E-state index contributed by atoms with van der Waals surface area (Å²) >= 11 is 0. The van der Waals surface area contributed by atoms with E-state index < -0.39 is 47.7 Å². The van der Waals surface area contributed by atoms with Gasteiger partial charge in [0.1, 0.15) is 24.3 Å². The molecule has 0 bridgehead atoms. The third kappa shape index (κ3) is 15.2. The first-order valence-corrected chi connectivity index (χ1v) is 18.2. The molecule has 0 unspecified atom stereocenters. The molecule has 4 N–H and O–H groups in total. The van der Waals surface area contributed by atoms with E-state index in [-0.39, 0.29) is 30.9 Å². The summed E-state index contributed by atoms with van der Waals surface area (Å²) in [6, 6.07) is 16.5. The molecule has 1 saturated heterocycles. The number of alkyl carbamates (subject to hydrolysis) is 2. The van der Waals surface area contributed by atoms with Crippen LogP contribution < -0.4 is 16.0 Å². The van der Waals surface area contributed by atoms with Gasteiger partial charge in [0.25, 0.3) is 0 Å². The monoisotopic (exact) mass is 720 g/mol. The van der Waals surface area contributed by atoms with E-state index >= 15 is 0 Å². The summed E-state index contributed by atoms with van der Waals surface area (Å²) in [4.78, 5) is 66.0. The molecule has 1 aliphatic rings. The van der Waals surface area contributed by atoms with Gasteiger partial charge in [-0.2, -0.15) is 0 Å². The maximum Gasteiger partial charge on any atom is 0.408 e. The van der Waals surface area contributed by atoms with Gasteiger partial charge in [-0.3, -0.25) is 9.59 Å². The summed E-state index contributed by atoms with van der Waals surface area (Å²) in [5.74, 6) is -2.30. The van der Waals surface area contributed by atoms with E-state index in [1.165, 1.54) is 0 Å². The third-order valence-corrected chi connectivity index (χ3v) is 8.47. The smallest absolute Gasteiger partial charge is 0.408 e. The standard InChI is InChI=1S/C40H56N4O8/c1-28(2)25-32(42-39(50)52-40(3,4)5)22-21-31(26-29-15-8-6-9-16-29)36(46)44-24-14-20-34(44)35(45)43-33(37(47)48)19-12-13-23-41-38(49)51-27-30-17-10-7-11-18-30/h6-11,15-18,21-22,28,31-34H,12-14,19-20,23-27H2,1-5H3,(H,41,49)(H,42,50)(H,43,45)(H,47,48)/b22-21+/t31-,32-,33+,34+/m1/s1. The number of ether oxygens (including phenoxy) is 2. The summed E-state index contributed by atoms with van der Waals surface area (Å²) in [5.41, 5.74) is 1.14. The number of carboxylic acids is 1. The molecule has 1 fully saturated rings. The second-order valence-corrected chi connectivity index (χ2v) is 14.6. The Morgan fingerprint density at radius 3 is 2.17 bits per heavy atom. The molecule has 4 amide bonds. The van der Waals surface area contributed by atoms with Crippen LogP contribution in [0.2, 0.25) is 0 Å². The number of nitrogens with zero attached hydrogens (tertiary/aromatic N) is 1. The number of carboxylic acid groups (broad SMARTS) is 1. The Labute approximate surface area is 307 Å². The molecule has 12 nitrogen and oxygen atoms in total. The number of carbonyl (C=O) groups is 5. The zero-order chi connectivity index (χ0) is 38.1. The van der Waals surface area contributed by atoms with E-state index in [1.54, 1.807) is 31.7 Å². The molecule has 3 rings (SSSR count). The molecular formula is C40H56N4O8. The van der Waals surface area contributed by atoms with Crippen molar-refractivity contribution >= 4 is 30.0 Å². The van der Waals surface area contributed by atoms with Crippen molar-refractivity contribution < 1.29 is 38.6 Å². The maximum atomic E-state index is 14.2. The van der Waals surface area contributed by atoms with Crippen LogP contribution in [0.15, 0.2) is 72.8 Å². The van der Waals surface area contributed by atoms with E-state index in [0.29, 0.717) is 51.6 Å². The first-order valence-electron chi connectivity index (χ1n) is 18.2. The summed E-state index contributed by atoms with van der Waals surface area (Å²) in [7, 11) is 0. The molecule has 0 aliphatic carbocycles. The average molecular weight is 721 g/mol. The summed E-state index contributed by atoms with van der Waals surface area (Å²) in [6.07, 6.45) is 5.63. The van der Waals surface area contributed by atoms with Crippen molar-refractivity contribution in [3.8, 4) is 0 Å². The number of rotatable bonds is 18. The van der Waals surface area contributed by atoms with Crippen LogP contribution in [0, 0.1) is 11.8 Å². The first kappa shape index (κ1) is 41.5. The van der Waals surface area contributed by atoms with Crippen LogP contribution in [-0.2, 0) is 36.9 Å². The van der Waals surface area contributed by atoms with Crippen LogP contribution in [-0.4, -0.2) is 76.8 Å². The van der Waals surface area contributed by atoms with Crippen molar-refractivity contribution in [3.63, 3.8) is 0 Å². The highest BCUT2D eigenvalue weighted by Gasteiger charge is 2.38. The minimum Gasteiger partial charge on any atom is -0.480 e. The minimum atomic E-state index is -1.17. The lowest BCUT2D eigenvalue weighted by Crippen LogP contribution is -2.52. The molecule has 1 heterocycles. The lowest BCUT2D eigenvalue weighted by molar-refractivity contribution is -0.144. The third-order valence-electron chi connectivity index (χ3n) is 8.47. The average Bonchev–Trinajstić information content (AvgIpc) is 3.58. The molecule has 2 aromatic carbocycles. The van der Waals surface area contributed by atoms with Crippen LogP contribution in [0.4, 0.5) is 9.59 Å². The number of hydrogen-bond acceptors (Lipinski definition) is 7. The molecular weight excluding hydrogens is 664 g/mol. The molecule has 284 valence electrons. The number of nitrogens with one attached hydrogen (secondary N) is 3. The number of amides is 4. The normalized spacial score (nSPS) is 16.2. The second kappa shape index (κ2) is 20.8. The maximum absolute atomic E-state index is 14.2. The number of unbranched alkanes of at least 4 members (excludes halogenated alkanes) is 1. The minimum absolute atomic E-state index is 0.147. The highest BCUT2D eigenvalue weighted by atomic mass is 16.6. The topological polar surface area (TPSA) is 163 Å². The molecule has 0 aromatic heterocycles. The molecule has 1 aliphatic heterocycles. The highest BCUT2D eigenvalue weighted by molar-refractivity contribution is 5.92. The van der Waals surface area contributed by atoms with Gasteiger partial charge in [-0.05, 0) is 82.8 Å². The van der Waals surface area contributed by atoms with Gasteiger partial charge in [-0.15, -0.1) is 0 Å². The van der Waals surface area contributed by atoms with Crippen LogP contribution >= 0.6 is 0 Å². The van der Waals surface area contributed by atoms with Crippen molar-refractivity contribution in [2.45, 2.75) is 110 Å². The predicted octanol–water partition coefficient (Wildman–Crippen LogP) is 6.00. The summed E-state index contributed by atoms with van der Waals surface area (Å²) < 4.78 is 10.7. The van der Waals surface area contributed by atoms with E-state index in [4.69, 9.17) is 9.47 Å². The van der Waals surface area contributed by atoms with Gasteiger partial charge in [0.05, 0.1) is 12.0 Å². The van der Waals surface area contributed by atoms with Crippen LogP contribution in [0.25, 0.3) is 0 Å². The lowest BCUT2D eigenvalue weighted by Gasteiger charge is -2.28. The van der Waals surface area contributed by atoms with E-state index in [2.05, 4.69) is 16.0 Å². The van der Waals surface area contributed by atoms with Crippen molar-refractivity contribution in [2.75, 3.05) is 13.1 Å². The number of likely N-dealkylation sites (tertiary alicyclic amines) is 1. The number of hydrogen-bond donors (Lipinski definition) is 4. The molecule has 0 saturated carbocycles. The quantitative estimate of drug-likeness (QED) is 0.108. The molecule has 0 spiro atoms. The van der Waals surface area contributed by atoms with Crippen LogP contribution in [0.3, 0.4) is 0 Å². The van der Waals surface area contributed by atoms with E-state index in [1.807, 2.05) is 80.6 Å². The van der Waals surface area contributed by atoms with Gasteiger partial charge in [0.2, 0.25) is 11.8 Å². The van der Waals surface area contributed by atoms with Crippen molar-refractivity contribution in [1.29, 1.82) is 0 Å². The van der Waals surface area contributed by atoms with E-state index in [0.717, 1.165) is 11.1 Å². The fourth-order valence-corrected chi connectivity index (χ4v) is 6.01. The van der Waals surface area contributed by atoms with Crippen molar-refractivity contribution in [2.24, 2.45) is 11.8 Å². The number of carbonyl (C=O) groups excluding carboxylic acids is 4. The molecule has 52 heavy (non-hydrogen) atoms. The zero-order valence-corrected chi connectivity index (χ0v) is 31.1. The largest absolute Gasteiger partial charge is 0.480 e. The van der Waals surface area contributed by atoms with Gasteiger partial charge >= 0.3 is 18.2 Å². The van der Waals surface area contributed by atoms with Crippen LogP contribution in [0.1, 0.15) is 84.3 Å².